The Morgan fingerprint density at radius 3 is 2.53 bits per heavy atom. The van der Waals surface area contributed by atoms with Crippen molar-refractivity contribution in [1.29, 1.82) is 0 Å². The molecule has 3 nitrogen and oxygen atoms in total. The van der Waals surface area contributed by atoms with Gasteiger partial charge in [0.15, 0.2) is 0 Å². The fraction of sp³-hybridized carbons (Fsp3) is 0.417. The van der Waals surface area contributed by atoms with Crippen molar-refractivity contribution >= 4 is 5.97 Å². The van der Waals surface area contributed by atoms with Gasteiger partial charge in [-0.2, -0.15) is 0 Å². The highest BCUT2D eigenvalue weighted by molar-refractivity contribution is 5.70. The van der Waals surface area contributed by atoms with Gasteiger partial charge in [0.05, 0.1) is 5.92 Å². The summed E-state index contributed by atoms with van der Waals surface area (Å²) in [5.41, 5.74) is 6.45. The second-order valence-corrected chi connectivity index (χ2v) is 3.66. The van der Waals surface area contributed by atoms with Gasteiger partial charge in [-0.05, 0) is 31.4 Å². The van der Waals surface area contributed by atoms with E-state index in [1.165, 1.54) is 0 Å². The standard InChI is InChI=1S/C12H17NO2/c13-8-4-7-11(12(14)15)9-10-5-2-1-3-6-10/h1-3,5-6,11H,4,7-9,13H2,(H,14,15). The maximum Gasteiger partial charge on any atom is 0.306 e. The highest BCUT2D eigenvalue weighted by Gasteiger charge is 2.16. The van der Waals surface area contributed by atoms with Crippen LogP contribution in [-0.2, 0) is 11.2 Å². The van der Waals surface area contributed by atoms with Gasteiger partial charge >= 0.3 is 5.97 Å². The molecule has 1 unspecified atom stereocenters. The molecule has 0 amide bonds. The van der Waals surface area contributed by atoms with Crippen LogP contribution in [0.4, 0.5) is 0 Å². The predicted octanol–water partition coefficient (Wildman–Crippen LogP) is 1.67. The van der Waals surface area contributed by atoms with Crippen molar-refractivity contribution in [3.63, 3.8) is 0 Å². The van der Waals surface area contributed by atoms with Crippen LogP contribution in [0.1, 0.15) is 18.4 Å². The maximum atomic E-state index is 11.0. The zero-order chi connectivity index (χ0) is 11.1. The Bertz CT molecular complexity index is 298. The molecular weight excluding hydrogens is 190 g/mol. The molecule has 1 atom stereocenters. The van der Waals surface area contributed by atoms with Crippen molar-refractivity contribution in [2.45, 2.75) is 19.3 Å². The molecule has 0 aliphatic heterocycles. The molecule has 0 aromatic heterocycles. The molecule has 3 heteroatoms. The number of hydrogen-bond donors (Lipinski definition) is 2. The minimum Gasteiger partial charge on any atom is -0.481 e. The van der Waals surface area contributed by atoms with E-state index in [1.807, 2.05) is 30.3 Å². The summed E-state index contributed by atoms with van der Waals surface area (Å²) in [5, 5.41) is 9.02. The van der Waals surface area contributed by atoms with E-state index in [4.69, 9.17) is 10.8 Å². The van der Waals surface area contributed by atoms with Gasteiger partial charge in [-0.25, -0.2) is 0 Å². The van der Waals surface area contributed by atoms with Crippen molar-refractivity contribution in [2.75, 3.05) is 6.54 Å². The Labute approximate surface area is 89.9 Å². The van der Waals surface area contributed by atoms with Gasteiger partial charge in [-0.1, -0.05) is 30.3 Å². The molecule has 0 radical (unpaired) electrons. The van der Waals surface area contributed by atoms with Gasteiger partial charge in [-0.3, -0.25) is 4.79 Å². The van der Waals surface area contributed by atoms with Gasteiger partial charge in [0.1, 0.15) is 0 Å². The van der Waals surface area contributed by atoms with Crippen LogP contribution < -0.4 is 5.73 Å². The summed E-state index contributed by atoms with van der Waals surface area (Å²) >= 11 is 0. The lowest BCUT2D eigenvalue weighted by atomic mass is 9.95. The lowest BCUT2D eigenvalue weighted by Gasteiger charge is -2.11. The molecule has 0 saturated carbocycles. The second-order valence-electron chi connectivity index (χ2n) is 3.66. The van der Waals surface area contributed by atoms with Gasteiger partial charge in [0.25, 0.3) is 0 Å². The summed E-state index contributed by atoms with van der Waals surface area (Å²) in [4.78, 5) is 11.0. The molecule has 0 spiro atoms. The summed E-state index contributed by atoms with van der Waals surface area (Å²) in [6, 6.07) is 9.70. The number of carboxylic acids is 1. The smallest absolute Gasteiger partial charge is 0.306 e. The summed E-state index contributed by atoms with van der Waals surface area (Å²) in [7, 11) is 0. The van der Waals surface area contributed by atoms with E-state index in [0.717, 1.165) is 12.0 Å². The van der Waals surface area contributed by atoms with Crippen molar-refractivity contribution in [3.8, 4) is 0 Å². The molecule has 82 valence electrons. The van der Waals surface area contributed by atoms with E-state index >= 15 is 0 Å². The largest absolute Gasteiger partial charge is 0.481 e. The number of carbonyl (C=O) groups is 1. The first kappa shape index (κ1) is 11.7. The van der Waals surface area contributed by atoms with Crippen LogP contribution in [0, 0.1) is 5.92 Å². The molecule has 0 aliphatic rings. The summed E-state index contributed by atoms with van der Waals surface area (Å²) in [6.45, 7) is 0.554. The Morgan fingerprint density at radius 1 is 1.33 bits per heavy atom. The van der Waals surface area contributed by atoms with E-state index in [0.29, 0.717) is 19.4 Å². The van der Waals surface area contributed by atoms with E-state index in [2.05, 4.69) is 0 Å². The molecule has 0 aliphatic carbocycles. The number of carboxylic acid groups (broad SMARTS) is 1. The van der Waals surface area contributed by atoms with Gasteiger partial charge in [0.2, 0.25) is 0 Å². The highest BCUT2D eigenvalue weighted by atomic mass is 16.4. The van der Waals surface area contributed by atoms with Crippen LogP contribution in [0.3, 0.4) is 0 Å². The number of aliphatic carboxylic acids is 1. The Morgan fingerprint density at radius 2 is 2.00 bits per heavy atom. The fourth-order valence-electron chi connectivity index (χ4n) is 1.58. The summed E-state index contributed by atoms with van der Waals surface area (Å²) < 4.78 is 0. The normalized spacial score (nSPS) is 12.3. The van der Waals surface area contributed by atoms with Crippen LogP contribution in [0.2, 0.25) is 0 Å². The Kier molecular flexibility index (Phi) is 4.84. The van der Waals surface area contributed by atoms with Crippen molar-refractivity contribution in [2.24, 2.45) is 11.7 Å². The van der Waals surface area contributed by atoms with Crippen molar-refractivity contribution < 1.29 is 9.90 Å². The van der Waals surface area contributed by atoms with Crippen LogP contribution in [-0.4, -0.2) is 17.6 Å². The molecule has 3 N–H and O–H groups in total. The van der Waals surface area contributed by atoms with Crippen LogP contribution in [0.15, 0.2) is 30.3 Å². The third kappa shape index (κ3) is 4.13. The van der Waals surface area contributed by atoms with Crippen LogP contribution in [0.25, 0.3) is 0 Å². The van der Waals surface area contributed by atoms with E-state index in [1.54, 1.807) is 0 Å². The first-order chi connectivity index (χ1) is 7.24. The minimum absolute atomic E-state index is 0.309. The molecule has 1 aromatic rings. The zero-order valence-electron chi connectivity index (χ0n) is 8.73. The summed E-state index contributed by atoms with van der Waals surface area (Å²) in [6.07, 6.45) is 2.01. The second kappa shape index (κ2) is 6.19. The first-order valence-corrected chi connectivity index (χ1v) is 5.21. The number of hydrogen-bond acceptors (Lipinski definition) is 2. The number of benzene rings is 1. The predicted molar refractivity (Wildman–Crippen MR) is 59.6 cm³/mol. The van der Waals surface area contributed by atoms with Crippen molar-refractivity contribution in [3.05, 3.63) is 35.9 Å². The van der Waals surface area contributed by atoms with Gasteiger partial charge in [-0.15, -0.1) is 0 Å². The Hall–Kier alpha value is -1.35. The van der Waals surface area contributed by atoms with Crippen LogP contribution in [0.5, 0.6) is 0 Å². The summed E-state index contributed by atoms with van der Waals surface area (Å²) in [5.74, 6) is -1.04. The van der Waals surface area contributed by atoms with E-state index in [-0.39, 0.29) is 5.92 Å². The number of rotatable bonds is 6. The van der Waals surface area contributed by atoms with Gasteiger partial charge < -0.3 is 10.8 Å². The molecule has 0 heterocycles. The topological polar surface area (TPSA) is 63.3 Å². The lowest BCUT2D eigenvalue weighted by molar-refractivity contribution is -0.141. The quantitative estimate of drug-likeness (QED) is 0.745. The molecule has 1 rings (SSSR count). The monoisotopic (exact) mass is 207 g/mol. The number of nitrogens with two attached hydrogens (primary N) is 1. The molecule has 1 aromatic carbocycles. The lowest BCUT2D eigenvalue weighted by Crippen LogP contribution is -2.17. The van der Waals surface area contributed by atoms with E-state index < -0.39 is 5.97 Å². The van der Waals surface area contributed by atoms with Crippen molar-refractivity contribution in [1.82, 2.24) is 0 Å². The molecule has 0 saturated heterocycles. The zero-order valence-corrected chi connectivity index (χ0v) is 8.73. The third-order valence-electron chi connectivity index (χ3n) is 2.43. The molecular formula is C12H17NO2. The maximum absolute atomic E-state index is 11.0. The van der Waals surface area contributed by atoms with Crippen LogP contribution >= 0.6 is 0 Å². The molecule has 15 heavy (non-hydrogen) atoms. The Balaban J connectivity index is 2.55. The van der Waals surface area contributed by atoms with E-state index in [9.17, 15) is 4.79 Å². The first-order valence-electron chi connectivity index (χ1n) is 5.21. The molecule has 0 fully saturated rings. The average molecular weight is 207 g/mol. The minimum atomic E-state index is -0.729. The van der Waals surface area contributed by atoms with Gasteiger partial charge in [0, 0.05) is 0 Å². The fourth-order valence-corrected chi connectivity index (χ4v) is 1.58. The average Bonchev–Trinajstić information content (AvgIpc) is 2.25. The highest BCUT2D eigenvalue weighted by Crippen LogP contribution is 2.14. The third-order valence-corrected chi connectivity index (χ3v) is 2.43. The SMILES string of the molecule is NCCCC(Cc1ccccc1)C(=O)O. The molecule has 0 bridgehead atoms.